The molecular weight excluding hydrogens is 352 g/mol. The molecule has 0 aliphatic rings. The van der Waals surface area contributed by atoms with Crippen LogP contribution in [0.1, 0.15) is 39.2 Å². The molecule has 0 spiro atoms. The first-order valence-electron chi connectivity index (χ1n) is 8.05. The summed E-state index contributed by atoms with van der Waals surface area (Å²) in [7, 11) is 0. The van der Waals surface area contributed by atoms with Crippen molar-refractivity contribution < 1.29 is 14.3 Å². The number of benzene rings is 1. The minimum atomic E-state index is -0.501. The molecular formula is C18H18N4O3S. The molecule has 0 bridgehead atoms. The predicted octanol–water partition coefficient (Wildman–Crippen LogP) is 3.37. The zero-order valence-corrected chi connectivity index (χ0v) is 15.5. The molecule has 0 saturated carbocycles. The van der Waals surface area contributed by atoms with Crippen LogP contribution in [0.3, 0.4) is 0 Å². The van der Waals surface area contributed by atoms with Crippen molar-refractivity contribution in [2.75, 3.05) is 11.9 Å². The molecule has 0 fully saturated rings. The van der Waals surface area contributed by atoms with Crippen LogP contribution < -0.4 is 5.32 Å². The van der Waals surface area contributed by atoms with Gasteiger partial charge < -0.3 is 4.74 Å². The summed E-state index contributed by atoms with van der Waals surface area (Å²) in [6, 6.07) is 9.10. The van der Waals surface area contributed by atoms with Crippen LogP contribution in [-0.4, -0.2) is 33.2 Å². The second-order valence-corrected chi connectivity index (χ2v) is 6.46. The number of hydrogen-bond donors (Lipinski definition) is 1. The van der Waals surface area contributed by atoms with Gasteiger partial charge >= 0.3 is 5.97 Å². The lowest BCUT2D eigenvalue weighted by atomic mass is 10.2. The quantitative estimate of drug-likeness (QED) is 0.696. The molecule has 3 aromatic rings. The monoisotopic (exact) mass is 370 g/mol. The Morgan fingerprint density at radius 2 is 1.96 bits per heavy atom. The van der Waals surface area contributed by atoms with Crippen molar-refractivity contribution >= 4 is 28.3 Å². The molecule has 1 amide bonds. The number of ether oxygens (including phenoxy) is 1. The fourth-order valence-electron chi connectivity index (χ4n) is 2.44. The summed E-state index contributed by atoms with van der Waals surface area (Å²) in [5.41, 5.74) is 3.51. The van der Waals surface area contributed by atoms with Crippen molar-refractivity contribution in [1.82, 2.24) is 14.8 Å². The smallest absolute Gasteiger partial charge is 0.357 e. The van der Waals surface area contributed by atoms with E-state index in [9.17, 15) is 9.59 Å². The number of esters is 1. The minimum Gasteiger partial charge on any atom is -0.461 e. The van der Waals surface area contributed by atoms with Gasteiger partial charge in [-0.3, -0.25) is 10.1 Å². The summed E-state index contributed by atoms with van der Waals surface area (Å²) in [6.45, 7) is 5.91. The molecule has 134 valence electrons. The van der Waals surface area contributed by atoms with Crippen LogP contribution in [0.25, 0.3) is 5.69 Å². The zero-order valence-electron chi connectivity index (χ0n) is 14.6. The van der Waals surface area contributed by atoms with Crippen molar-refractivity contribution in [3.05, 3.63) is 58.4 Å². The molecule has 0 aliphatic heterocycles. The maximum absolute atomic E-state index is 12.4. The number of nitrogens with one attached hydrogen (secondary N) is 1. The van der Waals surface area contributed by atoms with E-state index in [1.54, 1.807) is 24.4 Å². The third kappa shape index (κ3) is 3.80. The van der Waals surface area contributed by atoms with E-state index < -0.39 is 5.97 Å². The van der Waals surface area contributed by atoms with E-state index >= 15 is 0 Å². The fraction of sp³-hybridized carbons (Fsp3) is 0.222. The summed E-state index contributed by atoms with van der Waals surface area (Å²) in [4.78, 5) is 28.0. The minimum absolute atomic E-state index is 0.187. The first-order chi connectivity index (χ1) is 12.5. The summed E-state index contributed by atoms with van der Waals surface area (Å²) < 4.78 is 6.70. The molecule has 7 nitrogen and oxygen atoms in total. The van der Waals surface area contributed by atoms with Gasteiger partial charge in [-0.15, -0.1) is 11.3 Å². The van der Waals surface area contributed by atoms with Gasteiger partial charge in [0.15, 0.2) is 10.8 Å². The van der Waals surface area contributed by atoms with E-state index in [1.165, 1.54) is 11.3 Å². The van der Waals surface area contributed by atoms with Gasteiger partial charge in [0.1, 0.15) is 0 Å². The van der Waals surface area contributed by atoms with Crippen molar-refractivity contribution in [2.24, 2.45) is 0 Å². The van der Waals surface area contributed by atoms with Gasteiger partial charge in [-0.2, -0.15) is 5.10 Å². The maximum Gasteiger partial charge on any atom is 0.357 e. The number of nitrogens with zero attached hydrogens (tertiary/aromatic N) is 3. The number of carbonyl (C=O) groups is 2. The van der Waals surface area contributed by atoms with Crippen LogP contribution >= 0.6 is 11.3 Å². The van der Waals surface area contributed by atoms with Crippen molar-refractivity contribution in [1.29, 1.82) is 0 Å². The van der Waals surface area contributed by atoms with E-state index in [1.807, 2.05) is 36.7 Å². The summed E-state index contributed by atoms with van der Waals surface area (Å²) in [6.07, 6.45) is 0. The average Bonchev–Trinajstić information content (AvgIpc) is 3.21. The first kappa shape index (κ1) is 17.8. The van der Waals surface area contributed by atoms with Gasteiger partial charge in [-0.05, 0) is 51.1 Å². The molecule has 8 heteroatoms. The number of aryl methyl sites for hydroxylation is 2. The number of carbonyl (C=O) groups excluding carboxylic acids is 2. The highest BCUT2D eigenvalue weighted by Gasteiger charge is 2.14. The molecule has 1 N–H and O–H groups in total. The molecule has 3 rings (SSSR count). The predicted molar refractivity (Wildman–Crippen MR) is 99.1 cm³/mol. The van der Waals surface area contributed by atoms with Crippen LogP contribution in [0, 0.1) is 13.8 Å². The molecule has 2 aromatic heterocycles. The number of aromatic nitrogens is 3. The van der Waals surface area contributed by atoms with Gasteiger partial charge in [-0.1, -0.05) is 0 Å². The van der Waals surface area contributed by atoms with Crippen LogP contribution in [0.15, 0.2) is 35.7 Å². The van der Waals surface area contributed by atoms with Gasteiger partial charge in [-0.25, -0.2) is 14.5 Å². The van der Waals surface area contributed by atoms with Crippen LogP contribution in [0.2, 0.25) is 0 Å². The highest BCUT2D eigenvalue weighted by molar-refractivity contribution is 7.14. The maximum atomic E-state index is 12.4. The molecule has 0 unspecified atom stereocenters. The Morgan fingerprint density at radius 1 is 1.23 bits per heavy atom. The van der Waals surface area contributed by atoms with Gasteiger partial charge in [0.25, 0.3) is 5.91 Å². The number of rotatable bonds is 5. The highest BCUT2D eigenvalue weighted by Crippen LogP contribution is 2.18. The van der Waals surface area contributed by atoms with Gasteiger partial charge in [0, 0.05) is 16.6 Å². The van der Waals surface area contributed by atoms with Crippen molar-refractivity contribution in [2.45, 2.75) is 20.8 Å². The highest BCUT2D eigenvalue weighted by atomic mass is 32.1. The van der Waals surface area contributed by atoms with E-state index in [4.69, 9.17) is 4.74 Å². The fourth-order valence-corrected chi connectivity index (χ4v) is 3.12. The van der Waals surface area contributed by atoms with Crippen LogP contribution in [0.4, 0.5) is 5.13 Å². The van der Waals surface area contributed by atoms with Gasteiger partial charge in [0.05, 0.1) is 18.0 Å². The van der Waals surface area contributed by atoms with Crippen LogP contribution in [-0.2, 0) is 4.74 Å². The molecule has 26 heavy (non-hydrogen) atoms. The molecule has 0 radical (unpaired) electrons. The number of amides is 1. The topological polar surface area (TPSA) is 86.1 Å². The third-order valence-corrected chi connectivity index (χ3v) is 4.35. The molecule has 2 heterocycles. The summed E-state index contributed by atoms with van der Waals surface area (Å²) >= 11 is 1.17. The second kappa shape index (κ2) is 7.49. The van der Waals surface area contributed by atoms with E-state index in [-0.39, 0.29) is 18.2 Å². The van der Waals surface area contributed by atoms with E-state index in [0.717, 1.165) is 17.1 Å². The Labute approximate surface area is 154 Å². The largest absolute Gasteiger partial charge is 0.461 e. The average molecular weight is 370 g/mol. The van der Waals surface area contributed by atoms with Crippen molar-refractivity contribution in [3.8, 4) is 5.69 Å². The van der Waals surface area contributed by atoms with E-state index in [0.29, 0.717) is 10.7 Å². The Bertz CT molecular complexity index is 944. The molecule has 0 saturated heterocycles. The SMILES string of the molecule is CCOC(=O)c1csc(NC(=O)c2ccc(-n3nc(C)cc3C)cc2)n1. The normalized spacial score (nSPS) is 10.6. The van der Waals surface area contributed by atoms with Crippen molar-refractivity contribution in [3.63, 3.8) is 0 Å². The van der Waals surface area contributed by atoms with E-state index in [2.05, 4.69) is 15.4 Å². The Balaban J connectivity index is 1.71. The number of thiazole rings is 1. The molecule has 1 aromatic carbocycles. The second-order valence-electron chi connectivity index (χ2n) is 5.60. The molecule has 0 aliphatic carbocycles. The Morgan fingerprint density at radius 3 is 2.58 bits per heavy atom. The number of anilines is 1. The first-order valence-corrected chi connectivity index (χ1v) is 8.93. The van der Waals surface area contributed by atoms with Gasteiger partial charge in [0.2, 0.25) is 0 Å². The lowest BCUT2D eigenvalue weighted by Gasteiger charge is -2.06. The number of hydrogen-bond acceptors (Lipinski definition) is 6. The Kier molecular flexibility index (Phi) is 5.13. The standard InChI is InChI=1S/C18H18N4O3S/c1-4-25-17(24)15-10-26-18(19-15)20-16(23)13-5-7-14(8-6-13)22-12(3)9-11(2)21-22/h5-10H,4H2,1-3H3,(H,19,20,23). The lowest BCUT2D eigenvalue weighted by molar-refractivity contribution is 0.0520. The summed E-state index contributed by atoms with van der Waals surface area (Å²) in [5.74, 6) is -0.798. The zero-order chi connectivity index (χ0) is 18.7. The third-order valence-electron chi connectivity index (χ3n) is 3.59. The molecule has 0 atom stereocenters. The Hall–Kier alpha value is -3.00. The lowest BCUT2D eigenvalue weighted by Crippen LogP contribution is -2.12. The van der Waals surface area contributed by atoms with Crippen LogP contribution in [0.5, 0.6) is 0 Å². The summed E-state index contributed by atoms with van der Waals surface area (Å²) in [5, 5.41) is 9.01.